The highest BCUT2D eigenvalue weighted by Gasteiger charge is 2.15. The molecule has 0 spiro atoms. The molecule has 3 aromatic rings. The van der Waals surface area contributed by atoms with Gasteiger partial charge in [-0.05, 0) is 43.7 Å². The van der Waals surface area contributed by atoms with Crippen molar-refractivity contribution in [2.24, 2.45) is 0 Å². The Morgan fingerprint density at radius 3 is 2.41 bits per heavy atom. The van der Waals surface area contributed by atoms with Crippen LogP contribution < -0.4 is 5.63 Å². The fourth-order valence-corrected chi connectivity index (χ4v) is 2.45. The Balaban J connectivity index is 1.68. The zero-order valence-electron chi connectivity index (χ0n) is 14.9. The van der Waals surface area contributed by atoms with E-state index in [9.17, 15) is 14.4 Å². The number of ether oxygens (including phenoxy) is 2. The van der Waals surface area contributed by atoms with Crippen molar-refractivity contribution in [1.82, 2.24) is 0 Å². The molecule has 0 saturated carbocycles. The highest BCUT2D eigenvalue weighted by Crippen LogP contribution is 2.14. The van der Waals surface area contributed by atoms with Crippen LogP contribution in [0.15, 0.2) is 63.8 Å². The van der Waals surface area contributed by atoms with Crippen LogP contribution in [-0.4, -0.2) is 18.0 Å². The van der Waals surface area contributed by atoms with Gasteiger partial charge in [-0.2, -0.15) is 0 Å². The molecule has 0 aliphatic carbocycles. The van der Waals surface area contributed by atoms with Crippen molar-refractivity contribution >= 4 is 22.9 Å². The maximum absolute atomic E-state index is 12.2. The number of esters is 2. The third-order valence-electron chi connectivity index (χ3n) is 3.76. The number of rotatable bonds is 5. The summed E-state index contributed by atoms with van der Waals surface area (Å²) in [4.78, 5) is 36.0. The number of carbonyl (C=O) groups is 2. The van der Waals surface area contributed by atoms with Gasteiger partial charge in [0.25, 0.3) is 0 Å². The number of carbonyl (C=O) groups excluding carboxylic acids is 2. The predicted molar refractivity (Wildman–Crippen MR) is 98.6 cm³/mol. The standard InChI is InChI=1S/C21H18O6/c1-13(2)26-19(22)15-9-7-14(8-10-15)12-25-20(23)17-11-16-5-3-4-6-18(16)27-21(17)24/h3-11,13H,12H2,1-2H3. The lowest BCUT2D eigenvalue weighted by atomic mass is 10.1. The van der Waals surface area contributed by atoms with Gasteiger partial charge in [-0.3, -0.25) is 0 Å². The highest BCUT2D eigenvalue weighted by atomic mass is 16.5. The summed E-state index contributed by atoms with van der Waals surface area (Å²) < 4.78 is 15.4. The summed E-state index contributed by atoms with van der Waals surface area (Å²) >= 11 is 0. The Morgan fingerprint density at radius 2 is 1.70 bits per heavy atom. The van der Waals surface area contributed by atoms with Crippen LogP contribution in [0.2, 0.25) is 0 Å². The first-order valence-corrected chi connectivity index (χ1v) is 8.44. The number of hydrogen-bond donors (Lipinski definition) is 0. The molecule has 0 amide bonds. The Kier molecular flexibility index (Phi) is 5.35. The smallest absolute Gasteiger partial charge is 0.351 e. The lowest BCUT2D eigenvalue weighted by Gasteiger charge is -2.08. The van der Waals surface area contributed by atoms with E-state index in [1.54, 1.807) is 62.4 Å². The van der Waals surface area contributed by atoms with Gasteiger partial charge in [0.2, 0.25) is 0 Å². The molecule has 0 unspecified atom stereocenters. The quantitative estimate of drug-likeness (QED) is 0.506. The number of hydrogen-bond acceptors (Lipinski definition) is 6. The second-order valence-electron chi connectivity index (χ2n) is 6.21. The lowest BCUT2D eigenvalue weighted by Crippen LogP contribution is -2.16. The zero-order chi connectivity index (χ0) is 19.4. The van der Waals surface area contributed by atoms with E-state index in [0.29, 0.717) is 22.1 Å². The second-order valence-corrected chi connectivity index (χ2v) is 6.21. The van der Waals surface area contributed by atoms with Gasteiger partial charge in [0.15, 0.2) is 0 Å². The third-order valence-corrected chi connectivity index (χ3v) is 3.76. The average molecular weight is 366 g/mol. The molecule has 1 aromatic heterocycles. The van der Waals surface area contributed by atoms with Crippen molar-refractivity contribution in [3.63, 3.8) is 0 Å². The average Bonchev–Trinajstić information content (AvgIpc) is 2.65. The van der Waals surface area contributed by atoms with Crippen molar-refractivity contribution in [3.05, 3.63) is 81.7 Å². The molecule has 0 atom stereocenters. The van der Waals surface area contributed by atoms with E-state index in [4.69, 9.17) is 13.9 Å². The molecule has 3 rings (SSSR count). The van der Waals surface area contributed by atoms with E-state index in [0.717, 1.165) is 0 Å². The molecule has 0 bridgehead atoms. The molecule has 27 heavy (non-hydrogen) atoms. The predicted octanol–water partition coefficient (Wildman–Crippen LogP) is 3.72. The molecule has 0 aliphatic rings. The van der Waals surface area contributed by atoms with Crippen LogP contribution in [0.5, 0.6) is 0 Å². The number of benzene rings is 2. The van der Waals surface area contributed by atoms with Gasteiger partial charge >= 0.3 is 17.6 Å². The van der Waals surface area contributed by atoms with Gasteiger partial charge in [0.05, 0.1) is 11.7 Å². The summed E-state index contributed by atoms with van der Waals surface area (Å²) in [5.41, 5.74) is 0.586. The van der Waals surface area contributed by atoms with E-state index in [1.807, 2.05) is 0 Å². The Morgan fingerprint density at radius 1 is 1.00 bits per heavy atom. The molecule has 1 heterocycles. The zero-order valence-corrected chi connectivity index (χ0v) is 14.9. The highest BCUT2D eigenvalue weighted by molar-refractivity contribution is 5.92. The van der Waals surface area contributed by atoms with Gasteiger partial charge in [0, 0.05) is 5.39 Å². The van der Waals surface area contributed by atoms with Gasteiger partial charge in [-0.15, -0.1) is 0 Å². The van der Waals surface area contributed by atoms with Gasteiger partial charge in [0.1, 0.15) is 17.8 Å². The fourth-order valence-electron chi connectivity index (χ4n) is 2.45. The van der Waals surface area contributed by atoms with Crippen LogP contribution in [-0.2, 0) is 16.1 Å². The minimum absolute atomic E-state index is 0.0371. The monoisotopic (exact) mass is 366 g/mol. The number of para-hydroxylation sites is 1. The molecule has 6 nitrogen and oxygen atoms in total. The van der Waals surface area contributed by atoms with E-state index in [1.165, 1.54) is 6.07 Å². The SMILES string of the molecule is CC(C)OC(=O)c1ccc(COC(=O)c2cc3ccccc3oc2=O)cc1. The summed E-state index contributed by atoms with van der Waals surface area (Å²) in [6.07, 6.45) is -0.202. The molecule has 0 saturated heterocycles. The molecular weight excluding hydrogens is 348 g/mol. The molecule has 0 fully saturated rings. The van der Waals surface area contributed by atoms with Crippen LogP contribution in [0, 0.1) is 0 Å². The van der Waals surface area contributed by atoms with Crippen LogP contribution in [0.3, 0.4) is 0 Å². The fraction of sp³-hybridized carbons (Fsp3) is 0.190. The number of fused-ring (bicyclic) bond motifs is 1. The van der Waals surface area contributed by atoms with Gasteiger partial charge in [-0.1, -0.05) is 30.3 Å². The first-order valence-electron chi connectivity index (χ1n) is 8.44. The summed E-state index contributed by atoms with van der Waals surface area (Å²) in [6.45, 7) is 3.51. The van der Waals surface area contributed by atoms with Gasteiger partial charge in [-0.25, -0.2) is 14.4 Å². The van der Waals surface area contributed by atoms with Crippen LogP contribution in [0.1, 0.15) is 40.1 Å². The first-order chi connectivity index (χ1) is 12.9. The molecule has 6 heteroatoms. The third kappa shape index (κ3) is 4.41. The Bertz CT molecular complexity index is 1030. The normalized spacial score (nSPS) is 10.8. The lowest BCUT2D eigenvalue weighted by molar-refractivity contribution is 0.0375. The maximum Gasteiger partial charge on any atom is 0.351 e. The molecule has 0 N–H and O–H groups in total. The van der Waals surface area contributed by atoms with E-state index < -0.39 is 17.6 Å². The van der Waals surface area contributed by atoms with Crippen molar-refractivity contribution in [2.45, 2.75) is 26.6 Å². The van der Waals surface area contributed by atoms with Crippen molar-refractivity contribution in [3.8, 4) is 0 Å². The summed E-state index contributed by atoms with van der Waals surface area (Å²) in [7, 11) is 0. The van der Waals surface area contributed by atoms with Gasteiger partial charge < -0.3 is 13.9 Å². The van der Waals surface area contributed by atoms with Crippen molar-refractivity contribution in [1.29, 1.82) is 0 Å². The molecule has 138 valence electrons. The van der Waals surface area contributed by atoms with Crippen molar-refractivity contribution in [2.75, 3.05) is 0 Å². The van der Waals surface area contributed by atoms with Crippen LogP contribution in [0.25, 0.3) is 11.0 Å². The molecule has 0 aliphatic heterocycles. The Hall–Kier alpha value is -3.41. The topological polar surface area (TPSA) is 82.8 Å². The summed E-state index contributed by atoms with van der Waals surface area (Å²) in [5.74, 6) is -1.18. The molecular formula is C21H18O6. The van der Waals surface area contributed by atoms with E-state index >= 15 is 0 Å². The van der Waals surface area contributed by atoms with Crippen LogP contribution in [0.4, 0.5) is 0 Å². The first kappa shape index (κ1) is 18.4. The minimum atomic E-state index is -0.766. The molecule has 2 aromatic carbocycles. The van der Waals surface area contributed by atoms with Crippen molar-refractivity contribution < 1.29 is 23.5 Å². The maximum atomic E-state index is 12.2. The summed E-state index contributed by atoms with van der Waals surface area (Å²) in [6, 6.07) is 14.9. The van der Waals surface area contributed by atoms with E-state index in [-0.39, 0.29) is 18.3 Å². The molecule has 0 radical (unpaired) electrons. The Labute approximate surface area is 155 Å². The minimum Gasteiger partial charge on any atom is -0.459 e. The van der Waals surface area contributed by atoms with Crippen LogP contribution >= 0.6 is 0 Å². The van der Waals surface area contributed by atoms with E-state index in [2.05, 4.69) is 0 Å². The summed E-state index contributed by atoms with van der Waals surface area (Å²) in [5, 5.41) is 0.636. The second kappa shape index (κ2) is 7.86. The largest absolute Gasteiger partial charge is 0.459 e.